The van der Waals surface area contributed by atoms with Crippen molar-refractivity contribution in [2.45, 2.75) is 19.4 Å². The highest BCUT2D eigenvalue weighted by atomic mass is 16.5. The van der Waals surface area contributed by atoms with Crippen molar-refractivity contribution in [3.8, 4) is 22.3 Å². The van der Waals surface area contributed by atoms with E-state index < -0.39 is 5.97 Å². The number of hydrogen-bond donors (Lipinski definition) is 1. The Morgan fingerprint density at radius 2 is 0.860 bits per heavy atom. The molecule has 0 saturated carbocycles. The first kappa shape index (κ1) is 30.5. The van der Waals surface area contributed by atoms with Gasteiger partial charge in [-0.25, -0.2) is 9.59 Å². The second-order valence-electron chi connectivity index (χ2n) is 10.1. The summed E-state index contributed by atoms with van der Waals surface area (Å²) < 4.78 is 5.32. The molecule has 0 heterocycles. The van der Waals surface area contributed by atoms with Crippen LogP contribution < -0.4 is 0 Å². The first-order valence-corrected chi connectivity index (χ1v) is 14.0. The molecule has 0 amide bonds. The molecule has 0 unspecified atom stereocenters. The second-order valence-corrected chi connectivity index (χ2v) is 10.1. The van der Waals surface area contributed by atoms with Gasteiger partial charge in [-0.15, -0.1) is 0 Å². The number of aliphatic carboxylic acids is 1. The molecule has 5 rings (SSSR count). The van der Waals surface area contributed by atoms with Crippen LogP contribution in [0.5, 0.6) is 0 Å². The molecule has 0 fully saturated rings. The Morgan fingerprint density at radius 3 is 1.28 bits per heavy atom. The first-order chi connectivity index (χ1) is 20.9. The number of rotatable bonds is 10. The normalized spacial score (nSPS) is 10.1. The monoisotopic (exact) mass is 566 g/mol. The van der Waals surface area contributed by atoms with E-state index in [1.54, 1.807) is 0 Å². The molecule has 4 nitrogen and oxygen atoms in total. The van der Waals surface area contributed by atoms with E-state index in [1.807, 2.05) is 115 Å². The smallest absolute Gasteiger partial charge is 0.334 e. The van der Waals surface area contributed by atoms with Crippen LogP contribution in [0.15, 0.2) is 164 Å². The molecule has 0 radical (unpaired) electrons. The van der Waals surface area contributed by atoms with Crippen LogP contribution in [0.3, 0.4) is 0 Å². The van der Waals surface area contributed by atoms with Gasteiger partial charge >= 0.3 is 11.9 Å². The van der Waals surface area contributed by atoms with Gasteiger partial charge in [0.15, 0.2) is 0 Å². The SMILES string of the molecule is C=C(Cc1ccc(-c2ccccc2)cc1)C(=O)O.C=C(Cc1ccc(-c2ccccc2)cc1)C(=O)OCc1ccccc1. The van der Waals surface area contributed by atoms with Crippen LogP contribution in [0.2, 0.25) is 0 Å². The topological polar surface area (TPSA) is 63.6 Å². The third kappa shape index (κ3) is 9.55. The van der Waals surface area contributed by atoms with Gasteiger partial charge in [0.1, 0.15) is 6.61 Å². The molecular weight excluding hydrogens is 532 g/mol. The maximum Gasteiger partial charge on any atom is 0.334 e. The lowest BCUT2D eigenvalue weighted by Gasteiger charge is -2.08. The summed E-state index contributed by atoms with van der Waals surface area (Å²) in [7, 11) is 0. The van der Waals surface area contributed by atoms with Gasteiger partial charge in [-0.3, -0.25) is 0 Å². The zero-order valence-electron chi connectivity index (χ0n) is 24.0. The molecule has 5 aromatic rings. The fraction of sp³-hybridized carbons (Fsp3) is 0.0769. The Bertz CT molecular complexity index is 1640. The van der Waals surface area contributed by atoms with Crippen molar-refractivity contribution in [2.75, 3.05) is 0 Å². The Morgan fingerprint density at radius 1 is 0.488 bits per heavy atom. The second kappa shape index (κ2) is 15.5. The largest absolute Gasteiger partial charge is 0.478 e. The molecule has 43 heavy (non-hydrogen) atoms. The van der Waals surface area contributed by atoms with Crippen LogP contribution >= 0.6 is 0 Å². The van der Waals surface area contributed by atoms with Crippen LogP contribution in [0, 0.1) is 0 Å². The van der Waals surface area contributed by atoms with Gasteiger partial charge in [-0.1, -0.05) is 153 Å². The Balaban J connectivity index is 0.000000208. The van der Waals surface area contributed by atoms with Gasteiger partial charge in [0.05, 0.1) is 0 Å². The third-order valence-corrected chi connectivity index (χ3v) is 6.76. The van der Waals surface area contributed by atoms with E-state index in [9.17, 15) is 9.59 Å². The van der Waals surface area contributed by atoms with Crippen molar-refractivity contribution in [1.29, 1.82) is 0 Å². The van der Waals surface area contributed by atoms with Gasteiger partial charge in [0.2, 0.25) is 0 Å². The molecular formula is C39H34O4. The Kier molecular flexibility index (Phi) is 11.0. The number of benzene rings is 5. The van der Waals surface area contributed by atoms with Crippen LogP contribution in [-0.2, 0) is 33.8 Å². The predicted octanol–water partition coefficient (Wildman–Crippen LogP) is 8.73. The van der Waals surface area contributed by atoms with E-state index in [0.29, 0.717) is 18.4 Å². The minimum absolute atomic E-state index is 0.211. The summed E-state index contributed by atoms with van der Waals surface area (Å²) in [5, 5.41) is 8.78. The lowest BCUT2D eigenvalue weighted by molar-refractivity contribution is -0.140. The first-order valence-electron chi connectivity index (χ1n) is 14.0. The summed E-state index contributed by atoms with van der Waals surface area (Å²) in [4.78, 5) is 22.8. The maximum absolute atomic E-state index is 12.1. The van der Waals surface area contributed by atoms with E-state index in [-0.39, 0.29) is 18.1 Å². The van der Waals surface area contributed by atoms with Crippen LogP contribution in [-0.4, -0.2) is 17.0 Å². The third-order valence-electron chi connectivity index (χ3n) is 6.76. The highest BCUT2D eigenvalue weighted by Crippen LogP contribution is 2.21. The lowest BCUT2D eigenvalue weighted by Crippen LogP contribution is -2.09. The number of carboxylic acid groups (broad SMARTS) is 1. The van der Waals surface area contributed by atoms with Gasteiger partial charge in [-0.2, -0.15) is 0 Å². The summed E-state index contributed by atoms with van der Waals surface area (Å²) >= 11 is 0. The lowest BCUT2D eigenvalue weighted by atomic mass is 10.0. The van der Waals surface area contributed by atoms with E-state index >= 15 is 0 Å². The molecule has 0 saturated heterocycles. The average Bonchev–Trinajstić information content (AvgIpc) is 3.06. The van der Waals surface area contributed by atoms with Crippen molar-refractivity contribution < 1.29 is 19.4 Å². The van der Waals surface area contributed by atoms with Crippen molar-refractivity contribution in [3.05, 3.63) is 181 Å². The molecule has 1 N–H and O–H groups in total. The fourth-order valence-electron chi connectivity index (χ4n) is 4.36. The predicted molar refractivity (Wildman–Crippen MR) is 173 cm³/mol. The van der Waals surface area contributed by atoms with Crippen molar-refractivity contribution in [1.82, 2.24) is 0 Å². The molecule has 0 bridgehead atoms. The fourth-order valence-corrected chi connectivity index (χ4v) is 4.36. The minimum atomic E-state index is -0.942. The molecule has 4 heteroatoms. The van der Waals surface area contributed by atoms with Gasteiger partial charge < -0.3 is 9.84 Å². The molecule has 0 atom stereocenters. The summed E-state index contributed by atoms with van der Waals surface area (Å²) in [6, 6.07) is 46.0. The van der Waals surface area contributed by atoms with Gasteiger partial charge in [0, 0.05) is 24.0 Å². The highest BCUT2D eigenvalue weighted by molar-refractivity contribution is 5.88. The van der Waals surface area contributed by atoms with Crippen LogP contribution in [0.4, 0.5) is 0 Å². The van der Waals surface area contributed by atoms with Crippen molar-refractivity contribution in [2.24, 2.45) is 0 Å². The summed E-state index contributed by atoms with van der Waals surface area (Å²) in [6.45, 7) is 7.67. The zero-order valence-corrected chi connectivity index (χ0v) is 24.0. The summed E-state index contributed by atoms with van der Waals surface area (Å²) in [5.74, 6) is -1.29. The van der Waals surface area contributed by atoms with Crippen molar-refractivity contribution >= 4 is 11.9 Å². The number of carboxylic acids is 1. The van der Waals surface area contributed by atoms with Gasteiger partial charge in [0.25, 0.3) is 0 Å². The molecule has 0 spiro atoms. The standard InChI is InChI=1S/C23H20O2.C16H14O2/c1-18(23(24)25-17-20-8-4-2-5-9-20)16-19-12-14-22(15-13-19)21-10-6-3-7-11-21;1-12(16(17)18)11-13-7-9-15(10-8-13)14-5-3-2-4-6-14/h2-15H,1,16-17H2;2-10H,1,11H2,(H,17,18). The zero-order chi connectivity index (χ0) is 30.4. The molecule has 5 aromatic carbocycles. The van der Waals surface area contributed by atoms with Crippen LogP contribution in [0.25, 0.3) is 22.3 Å². The number of carbonyl (C=O) groups excluding carboxylic acids is 1. The van der Waals surface area contributed by atoms with E-state index in [1.165, 1.54) is 5.56 Å². The molecule has 0 aliphatic heterocycles. The molecule has 214 valence electrons. The molecule has 0 aromatic heterocycles. The number of carbonyl (C=O) groups is 2. The van der Waals surface area contributed by atoms with E-state index in [4.69, 9.17) is 9.84 Å². The van der Waals surface area contributed by atoms with Crippen molar-refractivity contribution in [3.63, 3.8) is 0 Å². The number of ether oxygens (including phenoxy) is 1. The number of esters is 1. The molecule has 0 aliphatic rings. The van der Waals surface area contributed by atoms with E-state index in [0.717, 1.165) is 33.4 Å². The average molecular weight is 567 g/mol. The van der Waals surface area contributed by atoms with Gasteiger partial charge in [-0.05, 0) is 38.9 Å². The quantitative estimate of drug-likeness (QED) is 0.136. The number of hydrogen-bond acceptors (Lipinski definition) is 3. The van der Waals surface area contributed by atoms with E-state index in [2.05, 4.69) is 37.4 Å². The molecule has 0 aliphatic carbocycles. The minimum Gasteiger partial charge on any atom is -0.478 e. The van der Waals surface area contributed by atoms with Crippen LogP contribution in [0.1, 0.15) is 16.7 Å². The summed E-state index contributed by atoms with van der Waals surface area (Å²) in [6.07, 6.45) is 0.868. The Hall–Kier alpha value is -5.48. The summed E-state index contributed by atoms with van der Waals surface area (Å²) in [5.41, 5.74) is 8.25. The highest BCUT2D eigenvalue weighted by Gasteiger charge is 2.10. The maximum atomic E-state index is 12.1. The Labute approximate surface area is 253 Å².